The van der Waals surface area contributed by atoms with Gasteiger partial charge in [-0.25, -0.2) is 8.42 Å². The predicted molar refractivity (Wildman–Crippen MR) is 58.9 cm³/mol. The van der Waals surface area contributed by atoms with Crippen molar-refractivity contribution in [3.8, 4) is 0 Å². The molecule has 1 rings (SSSR count). The van der Waals surface area contributed by atoms with Crippen LogP contribution in [0.2, 0.25) is 5.02 Å². The van der Waals surface area contributed by atoms with E-state index in [0.29, 0.717) is 17.9 Å². The minimum absolute atomic E-state index is 0.191. The quantitative estimate of drug-likeness (QED) is 0.763. The van der Waals surface area contributed by atoms with Crippen LogP contribution in [0, 0.1) is 0 Å². The van der Waals surface area contributed by atoms with Gasteiger partial charge < -0.3 is 4.79 Å². The fraction of sp³-hybridized carbons (Fsp3) is 0.300. The van der Waals surface area contributed by atoms with Gasteiger partial charge in [-0.1, -0.05) is 11.6 Å². The lowest BCUT2D eigenvalue weighted by molar-refractivity contribution is -0.107. The summed E-state index contributed by atoms with van der Waals surface area (Å²) in [4.78, 5) is 10.4. The van der Waals surface area contributed by atoms with Gasteiger partial charge in [0.15, 0.2) is 9.84 Å². The van der Waals surface area contributed by atoms with Gasteiger partial charge in [-0.3, -0.25) is 0 Å². The summed E-state index contributed by atoms with van der Waals surface area (Å²) in [5.41, 5.74) is 0.759. The number of halogens is 1. The minimum atomic E-state index is -3.25. The van der Waals surface area contributed by atoms with Gasteiger partial charge in [-0.05, 0) is 30.2 Å². The molecule has 0 aromatic heterocycles. The summed E-state index contributed by atoms with van der Waals surface area (Å²) in [7, 11) is -3.25. The molecule has 0 saturated carbocycles. The number of rotatable bonds is 4. The average Bonchev–Trinajstić information content (AvgIpc) is 2.12. The highest BCUT2D eigenvalue weighted by Crippen LogP contribution is 2.19. The van der Waals surface area contributed by atoms with Crippen LogP contribution in [0.15, 0.2) is 23.1 Å². The number of carbonyl (C=O) groups excluding carboxylic acids is 1. The van der Waals surface area contributed by atoms with Gasteiger partial charge in [-0.15, -0.1) is 0 Å². The van der Waals surface area contributed by atoms with E-state index in [4.69, 9.17) is 11.6 Å². The van der Waals surface area contributed by atoms with Crippen molar-refractivity contribution in [3.63, 3.8) is 0 Å². The Labute approximate surface area is 94.0 Å². The molecule has 1 aromatic carbocycles. The van der Waals surface area contributed by atoms with Crippen molar-refractivity contribution >= 4 is 27.7 Å². The molecular formula is C10H11ClO3S. The number of carbonyl (C=O) groups is 1. The zero-order chi connectivity index (χ0) is 11.5. The van der Waals surface area contributed by atoms with Crippen molar-refractivity contribution in [2.24, 2.45) is 0 Å². The number of benzene rings is 1. The second kappa shape index (κ2) is 4.77. The number of aryl methyl sites for hydroxylation is 1. The van der Waals surface area contributed by atoms with Crippen LogP contribution in [0.3, 0.4) is 0 Å². The number of hydrogen-bond acceptors (Lipinski definition) is 3. The fourth-order valence-corrected chi connectivity index (χ4v) is 2.23. The van der Waals surface area contributed by atoms with E-state index in [1.165, 1.54) is 6.07 Å². The molecule has 0 radical (unpaired) electrons. The van der Waals surface area contributed by atoms with Gasteiger partial charge >= 0.3 is 0 Å². The van der Waals surface area contributed by atoms with Crippen molar-refractivity contribution in [2.75, 3.05) is 6.26 Å². The molecule has 0 saturated heterocycles. The van der Waals surface area contributed by atoms with E-state index in [0.717, 1.165) is 18.1 Å². The van der Waals surface area contributed by atoms with Gasteiger partial charge in [0.1, 0.15) is 6.29 Å². The third kappa shape index (κ3) is 3.64. The topological polar surface area (TPSA) is 51.2 Å². The maximum atomic E-state index is 11.3. The van der Waals surface area contributed by atoms with Gasteiger partial charge in [0.05, 0.1) is 4.90 Å². The second-order valence-electron chi connectivity index (χ2n) is 3.27. The molecule has 0 N–H and O–H groups in total. The van der Waals surface area contributed by atoms with E-state index < -0.39 is 9.84 Å². The third-order valence-corrected chi connectivity index (χ3v) is 3.22. The smallest absolute Gasteiger partial charge is 0.175 e. The Hall–Kier alpha value is -0.870. The maximum Gasteiger partial charge on any atom is 0.175 e. The molecule has 15 heavy (non-hydrogen) atoms. The SMILES string of the molecule is CS(=O)(=O)c1cc(Cl)cc(CCC=O)c1. The maximum absolute atomic E-state index is 11.3. The molecule has 0 heterocycles. The molecule has 82 valence electrons. The Morgan fingerprint density at radius 2 is 2.00 bits per heavy atom. The number of sulfone groups is 1. The molecule has 0 atom stereocenters. The van der Waals surface area contributed by atoms with Crippen molar-refractivity contribution in [1.29, 1.82) is 0 Å². The summed E-state index contributed by atoms with van der Waals surface area (Å²) in [6.45, 7) is 0. The first-order valence-electron chi connectivity index (χ1n) is 4.36. The van der Waals surface area contributed by atoms with E-state index in [2.05, 4.69) is 0 Å². The van der Waals surface area contributed by atoms with Crippen LogP contribution in [-0.4, -0.2) is 21.0 Å². The molecule has 0 amide bonds. The third-order valence-electron chi connectivity index (χ3n) is 1.91. The van der Waals surface area contributed by atoms with Crippen LogP contribution in [-0.2, 0) is 21.1 Å². The summed E-state index contributed by atoms with van der Waals surface area (Å²) >= 11 is 5.78. The first-order chi connectivity index (χ1) is 6.93. The summed E-state index contributed by atoms with van der Waals surface area (Å²) in [6, 6.07) is 4.62. The van der Waals surface area contributed by atoms with E-state index in [-0.39, 0.29) is 4.90 Å². The van der Waals surface area contributed by atoms with Crippen LogP contribution in [0.5, 0.6) is 0 Å². The monoisotopic (exact) mass is 246 g/mol. The molecule has 0 aliphatic carbocycles. The minimum Gasteiger partial charge on any atom is -0.303 e. The molecule has 1 aromatic rings. The highest BCUT2D eigenvalue weighted by atomic mass is 35.5. The average molecular weight is 247 g/mol. The van der Waals surface area contributed by atoms with Crippen LogP contribution < -0.4 is 0 Å². The summed E-state index contributed by atoms with van der Waals surface area (Å²) in [6.07, 6.45) is 2.79. The van der Waals surface area contributed by atoms with Crippen molar-refractivity contribution in [1.82, 2.24) is 0 Å². The highest BCUT2D eigenvalue weighted by Gasteiger charge is 2.09. The molecule has 0 spiro atoms. The molecule has 0 unspecified atom stereocenters. The summed E-state index contributed by atoms with van der Waals surface area (Å²) in [5, 5.41) is 0.374. The molecule has 0 aliphatic rings. The lowest BCUT2D eigenvalue weighted by Gasteiger charge is -2.03. The van der Waals surface area contributed by atoms with Crippen LogP contribution in [0.25, 0.3) is 0 Å². The van der Waals surface area contributed by atoms with E-state index in [1.54, 1.807) is 12.1 Å². The largest absolute Gasteiger partial charge is 0.303 e. The Kier molecular flexibility index (Phi) is 3.88. The lowest BCUT2D eigenvalue weighted by Crippen LogP contribution is -1.98. The van der Waals surface area contributed by atoms with Gasteiger partial charge in [0.25, 0.3) is 0 Å². The van der Waals surface area contributed by atoms with Gasteiger partial charge in [-0.2, -0.15) is 0 Å². The summed E-state index contributed by atoms with van der Waals surface area (Å²) in [5.74, 6) is 0. The van der Waals surface area contributed by atoms with Gasteiger partial charge in [0.2, 0.25) is 0 Å². The van der Waals surface area contributed by atoms with Gasteiger partial charge in [0, 0.05) is 17.7 Å². The van der Waals surface area contributed by atoms with Crippen LogP contribution >= 0.6 is 11.6 Å². The van der Waals surface area contributed by atoms with Crippen molar-refractivity contribution in [3.05, 3.63) is 28.8 Å². The standard InChI is InChI=1S/C10H11ClO3S/c1-15(13,14)10-6-8(3-2-4-12)5-9(11)7-10/h4-7H,2-3H2,1H3. The Morgan fingerprint density at radius 1 is 1.33 bits per heavy atom. The summed E-state index contributed by atoms with van der Waals surface area (Å²) < 4.78 is 22.6. The lowest BCUT2D eigenvalue weighted by atomic mass is 10.1. The van der Waals surface area contributed by atoms with Crippen molar-refractivity contribution < 1.29 is 13.2 Å². The zero-order valence-corrected chi connectivity index (χ0v) is 9.81. The Balaban J connectivity index is 3.11. The number of aldehydes is 1. The predicted octanol–water partition coefficient (Wildman–Crippen LogP) is 1.88. The normalized spacial score (nSPS) is 11.3. The zero-order valence-electron chi connectivity index (χ0n) is 8.23. The molecule has 0 aliphatic heterocycles. The Bertz CT molecular complexity index is 466. The molecule has 0 bridgehead atoms. The van der Waals surface area contributed by atoms with Crippen molar-refractivity contribution in [2.45, 2.75) is 17.7 Å². The van der Waals surface area contributed by atoms with E-state index in [1.807, 2.05) is 0 Å². The first kappa shape index (κ1) is 12.2. The fourth-order valence-electron chi connectivity index (χ4n) is 1.20. The second-order valence-corrected chi connectivity index (χ2v) is 5.72. The van der Waals surface area contributed by atoms with Crippen LogP contribution in [0.4, 0.5) is 0 Å². The molecular weight excluding hydrogens is 236 g/mol. The first-order valence-corrected chi connectivity index (χ1v) is 6.63. The van der Waals surface area contributed by atoms with Crippen LogP contribution in [0.1, 0.15) is 12.0 Å². The molecule has 3 nitrogen and oxygen atoms in total. The number of hydrogen-bond donors (Lipinski definition) is 0. The Morgan fingerprint density at radius 3 is 2.53 bits per heavy atom. The highest BCUT2D eigenvalue weighted by molar-refractivity contribution is 7.90. The van der Waals surface area contributed by atoms with E-state index in [9.17, 15) is 13.2 Å². The molecule has 5 heteroatoms. The molecule has 0 fully saturated rings. The van der Waals surface area contributed by atoms with E-state index >= 15 is 0 Å².